The van der Waals surface area contributed by atoms with E-state index >= 15 is 0 Å². The number of amides is 3. The first-order valence-electron chi connectivity index (χ1n) is 9.60. The van der Waals surface area contributed by atoms with Crippen LogP contribution in [0.15, 0.2) is 38.9 Å². The van der Waals surface area contributed by atoms with Crippen molar-refractivity contribution in [1.82, 2.24) is 10.2 Å². The molecule has 2 aromatic rings. The maximum absolute atomic E-state index is 12.9. The van der Waals surface area contributed by atoms with Crippen LogP contribution in [0.1, 0.15) is 42.6 Å². The number of rotatable bonds is 6. The van der Waals surface area contributed by atoms with Crippen molar-refractivity contribution in [3.05, 3.63) is 51.5 Å². The zero-order valence-electron chi connectivity index (χ0n) is 18.3. The highest BCUT2D eigenvalue weighted by atomic mass is 79.9. The molecular weight excluding hydrogens is 484 g/mol. The van der Waals surface area contributed by atoms with E-state index in [0.717, 1.165) is 4.90 Å². The van der Waals surface area contributed by atoms with E-state index in [-0.39, 0.29) is 23.8 Å². The van der Waals surface area contributed by atoms with Crippen LogP contribution in [0.25, 0.3) is 6.08 Å². The summed E-state index contributed by atoms with van der Waals surface area (Å²) in [5, 5.41) is 2.56. The molecule has 10 heteroatoms. The van der Waals surface area contributed by atoms with E-state index < -0.39 is 23.5 Å². The Balaban J connectivity index is 1.91. The van der Waals surface area contributed by atoms with E-state index in [9.17, 15) is 14.4 Å². The summed E-state index contributed by atoms with van der Waals surface area (Å²) in [6, 6.07) is 5.81. The summed E-state index contributed by atoms with van der Waals surface area (Å²) in [6.07, 6.45) is 1.52. The Morgan fingerprint density at radius 1 is 1.22 bits per heavy atom. The van der Waals surface area contributed by atoms with Crippen LogP contribution in [0.4, 0.5) is 4.79 Å². The lowest BCUT2D eigenvalue weighted by molar-refractivity contribution is -0.123. The molecule has 0 bridgehead atoms. The van der Waals surface area contributed by atoms with Gasteiger partial charge in [-0.05, 0) is 51.1 Å². The van der Waals surface area contributed by atoms with Crippen LogP contribution in [0, 0.1) is 0 Å². The molecule has 1 aromatic carbocycles. The van der Waals surface area contributed by atoms with Crippen LogP contribution in [-0.4, -0.2) is 42.6 Å². The van der Waals surface area contributed by atoms with Gasteiger partial charge in [0, 0.05) is 10.0 Å². The molecule has 0 aliphatic carbocycles. The minimum absolute atomic E-state index is 0.0180. The number of carbonyl (C=O) groups excluding carboxylic acids is 3. The van der Waals surface area contributed by atoms with Gasteiger partial charge in [-0.3, -0.25) is 9.69 Å². The highest BCUT2D eigenvalue weighted by Gasteiger charge is 2.35. The summed E-state index contributed by atoms with van der Waals surface area (Å²) < 4.78 is 22.2. The first kappa shape index (κ1) is 23.4. The molecule has 2 heterocycles. The predicted molar refractivity (Wildman–Crippen MR) is 118 cm³/mol. The van der Waals surface area contributed by atoms with Gasteiger partial charge in [-0.25, -0.2) is 9.59 Å². The van der Waals surface area contributed by atoms with E-state index in [2.05, 4.69) is 26.0 Å². The summed E-state index contributed by atoms with van der Waals surface area (Å²) in [5.41, 5.74) is 0.0799. The molecule has 32 heavy (non-hydrogen) atoms. The zero-order valence-corrected chi connectivity index (χ0v) is 19.9. The van der Waals surface area contributed by atoms with E-state index in [1.807, 2.05) is 20.8 Å². The normalized spacial score (nSPS) is 15.2. The molecule has 0 spiro atoms. The standard InChI is InChI=1S/C22H23BrN2O7/c1-22(2,3)32-18-12(8-13(23)10-17(18)29-4)9-15-19(26)25(21(28)24-15)11-14-6-7-16(31-14)20(27)30-5/h6-10H,11H2,1-5H3,(H,24,28)/b15-9-. The molecule has 1 aliphatic heterocycles. The van der Waals surface area contributed by atoms with Crippen molar-refractivity contribution in [3.63, 3.8) is 0 Å². The maximum atomic E-state index is 12.9. The molecule has 0 saturated carbocycles. The minimum Gasteiger partial charge on any atom is -0.493 e. The topological polar surface area (TPSA) is 107 Å². The van der Waals surface area contributed by atoms with Crippen LogP contribution in [-0.2, 0) is 16.1 Å². The fourth-order valence-corrected chi connectivity index (χ4v) is 3.42. The van der Waals surface area contributed by atoms with Gasteiger partial charge in [0.1, 0.15) is 17.1 Å². The van der Waals surface area contributed by atoms with Gasteiger partial charge in [-0.2, -0.15) is 0 Å². The monoisotopic (exact) mass is 506 g/mol. The minimum atomic E-state index is -0.649. The number of furan rings is 1. The second-order valence-electron chi connectivity index (χ2n) is 7.88. The molecule has 1 aliphatic rings. The molecule has 3 rings (SSSR count). The van der Waals surface area contributed by atoms with Gasteiger partial charge in [0.05, 0.1) is 20.8 Å². The Hall–Kier alpha value is -3.27. The summed E-state index contributed by atoms with van der Waals surface area (Å²) in [6.45, 7) is 5.52. The van der Waals surface area contributed by atoms with E-state index in [1.54, 1.807) is 12.1 Å². The molecule has 1 N–H and O–H groups in total. The van der Waals surface area contributed by atoms with Crippen molar-refractivity contribution in [3.8, 4) is 11.5 Å². The molecule has 1 aromatic heterocycles. The fraction of sp³-hybridized carbons (Fsp3) is 0.318. The number of nitrogens with zero attached hydrogens (tertiary/aromatic N) is 1. The largest absolute Gasteiger partial charge is 0.493 e. The van der Waals surface area contributed by atoms with Crippen LogP contribution >= 0.6 is 15.9 Å². The van der Waals surface area contributed by atoms with Gasteiger partial charge in [0.25, 0.3) is 5.91 Å². The first-order valence-corrected chi connectivity index (χ1v) is 10.4. The quantitative estimate of drug-likeness (QED) is 0.356. The van der Waals surface area contributed by atoms with E-state index in [0.29, 0.717) is 21.5 Å². The fourth-order valence-electron chi connectivity index (χ4n) is 2.96. The molecular formula is C22H23BrN2O7. The third-order valence-electron chi connectivity index (χ3n) is 4.30. The van der Waals surface area contributed by atoms with E-state index in [1.165, 1.54) is 32.4 Å². The molecule has 0 atom stereocenters. The third-order valence-corrected chi connectivity index (χ3v) is 4.76. The number of ether oxygens (including phenoxy) is 3. The Morgan fingerprint density at radius 2 is 1.94 bits per heavy atom. The third kappa shape index (κ3) is 5.13. The number of methoxy groups -OCH3 is 2. The molecule has 1 saturated heterocycles. The summed E-state index contributed by atoms with van der Waals surface area (Å²) in [4.78, 5) is 37.9. The molecule has 0 radical (unpaired) electrons. The highest BCUT2D eigenvalue weighted by Crippen LogP contribution is 2.38. The zero-order chi connectivity index (χ0) is 23.6. The Labute approximate surface area is 193 Å². The molecule has 0 unspecified atom stereocenters. The van der Waals surface area contributed by atoms with Gasteiger partial charge < -0.3 is 23.9 Å². The van der Waals surface area contributed by atoms with Gasteiger partial charge in [-0.1, -0.05) is 15.9 Å². The van der Waals surface area contributed by atoms with Crippen molar-refractivity contribution in [2.45, 2.75) is 32.9 Å². The van der Waals surface area contributed by atoms with Crippen molar-refractivity contribution < 1.29 is 33.0 Å². The summed E-state index contributed by atoms with van der Waals surface area (Å²) >= 11 is 3.42. The Bertz CT molecular complexity index is 1100. The van der Waals surface area contributed by atoms with Crippen molar-refractivity contribution >= 4 is 39.9 Å². The van der Waals surface area contributed by atoms with Crippen LogP contribution in [0.2, 0.25) is 0 Å². The van der Waals surface area contributed by atoms with Crippen LogP contribution in [0.5, 0.6) is 11.5 Å². The number of esters is 1. The number of hydrogen-bond acceptors (Lipinski definition) is 7. The number of halogens is 1. The summed E-state index contributed by atoms with van der Waals surface area (Å²) in [5.74, 6) is -0.0482. The van der Waals surface area contributed by atoms with Crippen molar-refractivity contribution in [2.24, 2.45) is 0 Å². The van der Waals surface area contributed by atoms with Gasteiger partial charge >= 0.3 is 12.0 Å². The van der Waals surface area contributed by atoms with Gasteiger partial charge in [0.15, 0.2) is 11.5 Å². The second kappa shape index (κ2) is 9.07. The number of urea groups is 1. The molecule has 9 nitrogen and oxygen atoms in total. The SMILES string of the molecule is COC(=O)c1ccc(CN2C(=O)N/C(=C\c3cc(Br)cc(OC)c3OC(C)(C)C)C2=O)o1. The van der Waals surface area contributed by atoms with Gasteiger partial charge in [0.2, 0.25) is 5.76 Å². The van der Waals surface area contributed by atoms with Crippen LogP contribution < -0.4 is 14.8 Å². The number of carbonyl (C=O) groups is 3. The Kier molecular flexibility index (Phi) is 6.63. The average Bonchev–Trinajstić information content (AvgIpc) is 3.29. The first-order chi connectivity index (χ1) is 15.0. The lowest BCUT2D eigenvalue weighted by Gasteiger charge is -2.24. The predicted octanol–water partition coefficient (Wildman–Crippen LogP) is 4.11. The Morgan fingerprint density at radius 3 is 2.56 bits per heavy atom. The maximum Gasteiger partial charge on any atom is 0.373 e. The van der Waals surface area contributed by atoms with Crippen molar-refractivity contribution in [1.29, 1.82) is 0 Å². The lowest BCUT2D eigenvalue weighted by atomic mass is 10.1. The lowest BCUT2D eigenvalue weighted by Crippen LogP contribution is -2.30. The highest BCUT2D eigenvalue weighted by molar-refractivity contribution is 9.10. The number of benzene rings is 1. The number of imide groups is 1. The number of hydrogen-bond donors (Lipinski definition) is 1. The smallest absolute Gasteiger partial charge is 0.373 e. The number of nitrogens with one attached hydrogen (secondary N) is 1. The molecule has 1 fully saturated rings. The summed E-state index contributed by atoms with van der Waals surface area (Å²) in [7, 11) is 2.75. The van der Waals surface area contributed by atoms with Crippen molar-refractivity contribution in [2.75, 3.05) is 14.2 Å². The van der Waals surface area contributed by atoms with Crippen LogP contribution in [0.3, 0.4) is 0 Å². The molecule has 170 valence electrons. The second-order valence-corrected chi connectivity index (χ2v) is 8.79. The molecule has 3 amide bonds. The van der Waals surface area contributed by atoms with E-state index in [4.69, 9.17) is 13.9 Å². The van der Waals surface area contributed by atoms with Gasteiger partial charge in [-0.15, -0.1) is 0 Å². The average molecular weight is 507 g/mol.